The van der Waals surface area contributed by atoms with Gasteiger partial charge >= 0.3 is 5.97 Å². The Balaban J connectivity index is 1.54. The molecule has 0 atom stereocenters. The highest BCUT2D eigenvalue weighted by atomic mass is 16.5. The van der Waals surface area contributed by atoms with Gasteiger partial charge in [-0.1, -0.05) is 0 Å². The number of nitrogens with one attached hydrogen (secondary N) is 1. The largest absolute Gasteiger partial charge is 0.486 e. The maximum atomic E-state index is 13.5. The maximum absolute atomic E-state index is 13.5. The van der Waals surface area contributed by atoms with Crippen molar-refractivity contribution in [3.8, 4) is 5.75 Å². The van der Waals surface area contributed by atoms with E-state index < -0.39 is 5.97 Å². The average molecular weight is 502 g/mol. The number of aryl methyl sites for hydroxylation is 1. The Morgan fingerprint density at radius 1 is 1.11 bits per heavy atom. The van der Waals surface area contributed by atoms with Gasteiger partial charge < -0.3 is 19.8 Å². The molecule has 0 aliphatic rings. The summed E-state index contributed by atoms with van der Waals surface area (Å²) in [6.07, 6.45) is 2.92. The number of anilines is 1. The Kier molecular flexibility index (Phi) is 7.72. The van der Waals surface area contributed by atoms with Gasteiger partial charge in [0.1, 0.15) is 36.2 Å². The third-order valence-corrected chi connectivity index (χ3v) is 5.69. The minimum atomic E-state index is -0.393. The number of benzene rings is 2. The van der Waals surface area contributed by atoms with E-state index in [0.717, 1.165) is 5.52 Å². The number of hydrogen-bond donors (Lipinski definition) is 2. The summed E-state index contributed by atoms with van der Waals surface area (Å²) in [4.78, 5) is 39.6. The molecule has 11 nitrogen and oxygen atoms in total. The molecular formula is C26H27N7O4. The summed E-state index contributed by atoms with van der Waals surface area (Å²) >= 11 is 0. The van der Waals surface area contributed by atoms with Crippen LogP contribution < -0.4 is 15.4 Å². The van der Waals surface area contributed by atoms with E-state index in [4.69, 9.17) is 20.6 Å². The fraction of sp³-hybridized carbons (Fsp3) is 0.231. The fourth-order valence-electron chi connectivity index (χ4n) is 3.75. The van der Waals surface area contributed by atoms with Crippen molar-refractivity contribution < 1.29 is 19.1 Å². The zero-order chi connectivity index (χ0) is 26.4. The third kappa shape index (κ3) is 5.89. The number of hydrogen-bond acceptors (Lipinski definition) is 8. The number of amidine groups is 1. The molecule has 3 N–H and O–H groups in total. The first kappa shape index (κ1) is 25.3. The number of nitrogens with zero attached hydrogens (tertiary/aromatic N) is 5. The Morgan fingerprint density at radius 3 is 2.54 bits per heavy atom. The van der Waals surface area contributed by atoms with Gasteiger partial charge in [-0.25, -0.2) is 15.0 Å². The molecule has 4 rings (SSSR count). The predicted molar refractivity (Wildman–Crippen MR) is 137 cm³/mol. The number of amides is 1. The first-order chi connectivity index (χ1) is 17.9. The van der Waals surface area contributed by atoms with Crippen LogP contribution in [0.25, 0.3) is 11.0 Å². The molecule has 0 fully saturated rings. The summed E-state index contributed by atoms with van der Waals surface area (Å²) in [6, 6.07) is 13.8. The molecule has 11 heteroatoms. The molecule has 1 amide bonds. The van der Waals surface area contributed by atoms with Crippen LogP contribution in [0.1, 0.15) is 35.1 Å². The van der Waals surface area contributed by atoms with Crippen molar-refractivity contribution in [3.05, 3.63) is 78.0 Å². The lowest BCUT2D eigenvalue weighted by Gasteiger charge is -2.21. The molecule has 0 aliphatic carbocycles. The molecule has 0 bridgehead atoms. The quantitative estimate of drug-likeness (QED) is 0.191. The van der Waals surface area contributed by atoms with E-state index in [1.54, 1.807) is 49.4 Å². The molecule has 0 aliphatic heterocycles. The Hall–Kier alpha value is -4.80. The topological polar surface area (TPSA) is 149 Å². The summed E-state index contributed by atoms with van der Waals surface area (Å²) in [5.74, 6) is 0.955. The molecule has 2 aromatic heterocycles. The van der Waals surface area contributed by atoms with Crippen LogP contribution in [0, 0.1) is 5.41 Å². The maximum Gasteiger partial charge on any atom is 0.307 e. The van der Waals surface area contributed by atoms with Crippen LogP contribution in [-0.4, -0.2) is 50.4 Å². The van der Waals surface area contributed by atoms with Gasteiger partial charge in [0.25, 0.3) is 5.91 Å². The second kappa shape index (κ2) is 11.3. The molecule has 2 aromatic carbocycles. The Bertz CT molecular complexity index is 1420. The van der Waals surface area contributed by atoms with Gasteiger partial charge in [0.05, 0.1) is 24.1 Å². The Labute approximate surface area is 213 Å². The Morgan fingerprint density at radius 2 is 1.86 bits per heavy atom. The van der Waals surface area contributed by atoms with E-state index in [2.05, 4.69) is 15.0 Å². The van der Waals surface area contributed by atoms with E-state index in [1.807, 2.05) is 17.7 Å². The van der Waals surface area contributed by atoms with Crippen molar-refractivity contribution in [3.63, 3.8) is 0 Å². The molecule has 190 valence electrons. The molecule has 0 saturated carbocycles. The van der Waals surface area contributed by atoms with Gasteiger partial charge in [-0.3, -0.25) is 19.9 Å². The summed E-state index contributed by atoms with van der Waals surface area (Å²) in [7, 11) is 1.88. The number of fused-ring (bicyclic) bond motifs is 1. The SMILES string of the molecule is CCOC(=O)CCN(C(=O)c1ccc2c(c1)nc(COc1ccc(C(=N)N)cc1)n2C)c1ccncn1. The van der Waals surface area contributed by atoms with Gasteiger partial charge in [-0.15, -0.1) is 0 Å². The van der Waals surface area contributed by atoms with E-state index in [1.165, 1.54) is 17.4 Å². The van der Waals surface area contributed by atoms with E-state index in [9.17, 15) is 9.59 Å². The van der Waals surface area contributed by atoms with Crippen LogP contribution >= 0.6 is 0 Å². The van der Waals surface area contributed by atoms with Gasteiger partial charge in [0, 0.05) is 30.9 Å². The van der Waals surface area contributed by atoms with Crippen LogP contribution in [0.4, 0.5) is 5.82 Å². The normalized spacial score (nSPS) is 10.8. The molecule has 4 aromatic rings. The molecular weight excluding hydrogens is 474 g/mol. The number of carbonyl (C=O) groups excluding carboxylic acids is 2. The zero-order valence-electron chi connectivity index (χ0n) is 20.5. The minimum absolute atomic E-state index is 0.00794. The van der Waals surface area contributed by atoms with Gasteiger partial charge in [-0.05, 0) is 55.5 Å². The highest BCUT2D eigenvalue weighted by Crippen LogP contribution is 2.21. The van der Waals surface area contributed by atoms with Gasteiger partial charge in [0.2, 0.25) is 0 Å². The van der Waals surface area contributed by atoms with Crippen molar-refractivity contribution >= 4 is 34.6 Å². The van der Waals surface area contributed by atoms with Crippen LogP contribution in [0.2, 0.25) is 0 Å². The first-order valence-corrected chi connectivity index (χ1v) is 11.6. The third-order valence-electron chi connectivity index (χ3n) is 5.69. The zero-order valence-corrected chi connectivity index (χ0v) is 20.5. The van der Waals surface area contributed by atoms with Crippen LogP contribution in [0.15, 0.2) is 61.1 Å². The number of aromatic nitrogens is 4. The lowest BCUT2D eigenvalue weighted by molar-refractivity contribution is -0.142. The van der Waals surface area contributed by atoms with Crippen LogP contribution in [-0.2, 0) is 23.2 Å². The van der Waals surface area contributed by atoms with E-state index >= 15 is 0 Å². The number of esters is 1. The lowest BCUT2D eigenvalue weighted by atomic mass is 10.1. The van der Waals surface area contributed by atoms with Crippen molar-refractivity contribution in [2.45, 2.75) is 20.0 Å². The summed E-state index contributed by atoms with van der Waals surface area (Å²) in [6.45, 7) is 2.32. The molecule has 0 radical (unpaired) electrons. The molecule has 0 unspecified atom stereocenters. The van der Waals surface area contributed by atoms with Gasteiger partial charge in [0.15, 0.2) is 0 Å². The number of rotatable bonds is 10. The molecule has 37 heavy (non-hydrogen) atoms. The molecule has 0 spiro atoms. The summed E-state index contributed by atoms with van der Waals surface area (Å²) in [5.41, 5.74) is 7.98. The molecule has 2 heterocycles. The number of nitrogens with two attached hydrogens (primary N) is 1. The van der Waals surface area contributed by atoms with Crippen LogP contribution in [0.3, 0.4) is 0 Å². The highest BCUT2D eigenvalue weighted by molar-refractivity contribution is 6.07. The van der Waals surface area contributed by atoms with Crippen molar-refractivity contribution in [1.82, 2.24) is 19.5 Å². The smallest absolute Gasteiger partial charge is 0.307 e. The number of carbonyl (C=O) groups is 2. The fourth-order valence-corrected chi connectivity index (χ4v) is 3.75. The van der Waals surface area contributed by atoms with Crippen molar-refractivity contribution in [2.75, 3.05) is 18.1 Å². The second-order valence-electron chi connectivity index (χ2n) is 8.10. The predicted octanol–water partition coefficient (Wildman–Crippen LogP) is 2.83. The number of imidazole rings is 1. The number of nitrogen functional groups attached to an aromatic ring is 1. The molecule has 0 saturated heterocycles. The standard InChI is InChI=1S/C26H27N7O4/c1-3-36-24(34)11-13-33(22-10-12-29-16-30-22)26(35)18-6-9-21-20(14-18)31-23(32(21)2)15-37-19-7-4-17(5-8-19)25(27)28/h4-10,12,14,16H,3,11,13,15H2,1-2H3,(H3,27,28). The second-order valence-corrected chi connectivity index (χ2v) is 8.10. The number of ether oxygens (including phenoxy) is 2. The van der Waals surface area contributed by atoms with Crippen LogP contribution in [0.5, 0.6) is 5.75 Å². The van der Waals surface area contributed by atoms with E-state index in [-0.39, 0.29) is 37.9 Å². The van der Waals surface area contributed by atoms with Crippen molar-refractivity contribution in [1.29, 1.82) is 5.41 Å². The monoisotopic (exact) mass is 501 g/mol. The van der Waals surface area contributed by atoms with Crippen molar-refractivity contribution in [2.24, 2.45) is 12.8 Å². The average Bonchev–Trinajstić information content (AvgIpc) is 3.23. The van der Waals surface area contributed by atoms with E-state index in [0.29, 0.717) is 34.0 Å². The summed E-state index contributed by atoms with van der Waals surface area (Å²) < 4.78 is 12.8. The highest BCUT2D eigenvalue weighted by Gasteiger charge is 2.21. The minimum Gasteiger partial charge on any atom is -0.486 e. The lowest BCUT2D eigenvalue weighted by Crippen LogP contribution is -2.34. The first-order valence-electron chi connectivity index (χ1n) is 11.6. The van der Waals surface area contributed by atoms with Gasteiger partial charge in [-0.2, -0.15) is 0 Å². The summed E-state index contributed by atoms with van der Waals surface area (Å²) in [5, 5.41) is 7.48.